The molecule has 9 heteroatoms. The third kappa shape index (κ3) is 4.64. The van der Waals surface area contributed by atoms with Gasteiger partial charge in [-0.05, 0) is 64.7 Å². The molecule has 1 aliphatic rings. The van der Waals surface area contributed by atoms with Gasteiger partial charge in [-0.3, -0.25) is 9.88 Å². The summed E-state index contributed by atoms with van der Waals surface area (Å²) in [5, 5.41) is 25.5. The molecule has 32 heavy (non-hydrogen) atoms. The zero-order valence-electron chi connectivity index (χ0n) is 17.8. The van der Waals surface area contributed by atoms with Gasteiger partial charge in [-0.15, -0.1) is 0 Å². The van der Waals surface area contributed by atoms with Crippen molar-refractivity contribution in [2.24, 2.45) is 0 Å². The molecule has 0 bridgehead atoms. The average molecular weight is 450 g/mol. The van der Waals surface area contributed by atoms with Gasteiger partial charge in [0.15, 0.2) is 0 Å². The second kappa shape index (κ2) is 9.47. The molecule has 0 amide bonds. The Hall–Kier alpha value is -3.27. The van der Waals surface area contributed by atoms with Gasteiger partial charge in [0.25, 0.3) is 5.89 Å². The van der Waals surface area contributed by atoms with Crippen LogP contribution in [0.1, 0.15) is 42.6 Å². The van der Waals surface area contributed by atoms with Gasteiger partial charge in [-0.1, -0.05) is 23.4 Å². The number of carboxylic acids is 1. The van der Waals surface area contributed by atoms with Crippen LogP contribution in [-0.2, 0) is 11.2 Å². The molecule has 0 fully saturated rings. The van der Waals surface area contributed by atoms with E-state index < -0.39 is 5.97 Å². The number of hydrogen-bond acceptors (Lipinski definition) is 7. The van der Waals surface area contributed by atoms with Crippen molar-refractivity contribution < 1.29 is 19.2 Å². The zero-order chi connectivity index (χ0) is 22.7. The van der Waals surface area contributed by atoms with E-state index in [4.69, 9.17) is 14.4 Å². The zero-order valence-corrected chi connectivity index (χ0v) is 18.8. The highest BCUT2D eigenvalue weighted by molar-refractivity contribution is 7.36. The highest BCUT2D eigenvalue weighted by atomic mass is 31.1. The third-order valence-corrected chi connectivity index (χ3v) is 6.49. The summed E-state index contributed by atoms with van der Waals surface area (Å²) in [6.07, 6.45) is 1.79. The fourth-order valence-corrected chi connectivity index (χ4v) is 5.04. The van der Waals surface area contributed by atoms with E-state index in [0.29, 0.717) is 37.3 Å². The maximum atomic E-state index is 10.8. The molecule has 1 heterocycles. The number of carboxylic acid groups (broad SMARTS) is 1. The number of nitrogens with zero attached hydrogens (tertiary/aromatic N) is 3. The van der Waals surface area contributed by atoms with Crippen LogP contribution in [0.3, 0.4) is 0 Å². The number of rotatable bonds is 8. The van der Waals surface area contributed by atoms with Crippen molar-refractivity contribution in [1.82, 2.24) is 15.2 Å². The molecule has 0 aliphatic heterocycles. The van der Waals surface area contributed by atoms with Gasteiger partial charge in [-0.25, -0.2) is 0 Å². The monoisotopic (exact) mass is 450 g/mol. The Morgan fingerprint density at radius 1 is 1.41 bits per heavy atom. The van der Waals surface area contributed by atoms with E-state index in [1.54, 1.807) is 18.2 Å². The van der Waals surface area contributed by atoms with Gasteiger partial charge in [-0.2, -0.15) is 10.2 Å². The Morgan fingerprint density at radius 2 is 2.25 bits per heavy atom. The minimum atomic E-state index is -0.854. The molecule has 0 saturated carbocycles. The molecule has 8 nitrogen and oxygen atoms in total. The van der Waals surface area contributed by atoms with Crippen LogP contribution >= 0.6 is 8.73 Å². The van der Waals surface area contributed by atoms with Crippen molar-refractivity contribution in [3.8, 4) is 34.7 Å². The van der Waals surface area contributed by atoms with Crippen molar-refractivity contribution in [2.45, 2.75) is 38.5 Å². The number of carbonyl (C=O) groups is 1. The van der Waals surface area contributed by atoms with Crippen molar-refractivity contribution in [1.29, 1.82) is 5.26 Å². The van der Waals surface area contributed by atoms with Crippen LogP contribution in [0, 0.1) is 11.3 Å². The largest absolute Gasteiger partial charge is 0.490 e. The SMILES string of the molecule is CC(C)Oc1ccc(-c2nc(-c3cccc4c3CC[C@H]4PNCC(=O)O)no2)cc1C#N. The molecular formula is C23H23N4O4P. The minimum absolute atomic E-state index is 0.0353. The Balaban J connectivity index is 1.58. The van der Waals surface area contributed by atoms with Gasteiger partial charge in [0.2, 0.25) is 5.82 Å². The molecule has 2 N–H and O–H groups in total. The maximum Gasteiger partial charge on any atom is 0.317 e. The first-order chi connectivity index (χ1) is 15.5. The Labute approximate surface area is 187 Å². The molecule has 164 valence electrons. The van der Waals surface area contributed by atoms with Crippen molar-refractivity contribution >= 4 is 14.7 Å². The number of aliphatic carboxylic acids is 1. The van der Waals surface area contributed by atoms with Crippen LogP contribution in [0.4, 0.5) is 0 Å². The lowest BCUT2D eigenvalue weighted by molar-refractivity contribution is -0.135. The fourth-order valence-electron chi connectivity index (χ4n) is 3.82. The first kappa shape index (κ1) is 21.9. The lowest BCUT2D eigenvalue weighted by Gasteiger charge is -2.12. The standard InChI is InChI=1S/C23H23N4O4P/c1-13(2)30-19-8-6-14(10-15(19)11-24)23-26-22(27-31-23)18-5-3-4-17-16(18)7-9-20(17)32-25-12-21(28)29/h3-6,8,10,13,20,25,32H,7,9,12H2,1-2H3,(H,28,29)/t20-/m1/s1. The molecule has 1 unspecified atom stereocenters. The predicted octanol–water partition coefficient (Wildman–Crippen LogP) is 4.32. The summed E-state index contributed by atoms with van der Waals surface area (Å²) in [6, 6.07) is 13.4. The molecule has 4 rings (SSSR count). The number of aromatic nitrogens is 2. The number of hydrogen-bond donors (Lipinski definition) is 2. The van der Waals surface area contributed by atoms with Crippen LogP contribution in [0.5, 0.6) is 5.75 Å². The van der Waals surface area contributed by atoms with E-state index in [1.165, 1.54) is 11.1 Å². The van der Waals surface area contributed by atoms with Crippen molar-refractivity contribution in [3.05, 3.63) is 53.1 Å². The average Bonchev–Trinajstić information content (AvgIpc) is 3.41. The molecule has 1 aliphatic carbocycles. The van der Waals surface area contributed by atoms with Crippen molar-refractivity contribution in [2.75, 3.05) is 6.54 Å². The summed E-state index contributed by atoms with van der Waals surface area (Å²) in [5.74, 6) is 0.507. The lowest BCUT2D eigenvalue weighted by Crippen LogP contribution is -2.15. The maximum absolute atomic E-state index is 10.8. The van der Waals surface area contributed by atoms with Crippen molar-refractivity contribution in [3.63, 3.8) is 0 Å². The van der Waals surface area contributed by atoms with Gasteiger partial charge in [0, 0.05) is 16.8 Å². The van der Waals surface area contributed by atoms with E-state index in [1.807, 2.05) is 26.0 Å². The van der Waals surface area contributed by atoms with Crippen LogP contribution in [0.15, 0.2) is 40.9 Å². The highest BCUT2D eigenvalue weighted by Gasteiger charge is 2.26. The summed E-state index contributed by atoms with van der Waals surface area (Å²) in [4.78, 5) is 15.4. The number of nitriles is 1. The summed E-state index contributed by atoms with van der Waals surface area (Å²) in [7, 11) is 0.340. The van der Waals surface area contributed by atoms with E-state index in [-0.39, 0.29) is 18.3 Å². The summed E-state index contributed by atoms with van der Waals surface area (Å²) in [5.41, 5.74) is 4.64. The second-order valence-corrected chi connectivity index (χ2v) is 9.11. The van der Waals surface area contributed by atoms with E-state index >= 15 is 0 Å². The Kier molecular flexibility index (Phi) is 6.50. The summed E-state index contributed by atoms with van der Waals surface area (Å²) < 4.78 is 11.2. The van der Waals surface area contributed by atoms with Gasteiger partial charge in [0.1, 0.15) is 11.8 Å². The van der Waals surface area contributed by atoms with Crippen LogP contribution in [-0.4, -0.2) is 33.9 Å². The third-order valence-electron chi connectivity index (χ3n) is 5.16. The van der Waals surface area contributed by atoms with Gasteiger partial charge < -0.3 is 14.4 Å². The number of benzene rings is 2. The topological polar surface area (TPSA) is 121 Å². The Morgan fingerprint density at radius 3 is 3.00 bits per heavy atom. The molecule has 1 aromatic heterocycles. The Bertz CT molecular complexity index is 1180. The van der Waals surface area contributed by atoms with E-state index in [9.17, 15) is 10.1 Å². The molecule has 0 saturated heterocycles. The summed E-state index contributed by atoms with van der Waals surface area (Å²) in [6.45, 7) is 3.78. The molecule has 2 atom stereocenters. The minimum Gasteiger partial charge on any atom is -0.490 e. The van der Waals surface area contributed by atoms with Crippen LogP contribution < -0.4 is 9.82 Å². The smallest absolute Gasteiger partial charge is 0.317 e. The van der Waals surface area contributed by atoms with E-state index in [0.717, 1.165) is 18.4 Å². The first-order valence-corrected chi connectivity index (χ1v) is 11.4. The van der Waals surface area contributed by atoms with Crippen LogP contribution in [0.25, 0.3) is 22.8 Å². The molecule has 0 spiro atoms. The van der Waals surface area contributed by atoms with E-state index in [2.05, 4.69) is 27.4 Å². The number of fused-ring (bicyclic) bond motifs is 1. The van der Waals surface area contributed by atoms with Gasteiger partial charge in [0.05, 0.1) is 18.2 Å². The lowest BCUT2D eigenvalue weighted by atomic mass is 10.0. The normalized spacial score (nSPS) is 15.2. The first-order valence-electron chi connectivity index (χ1n) is 10.3. The predicted molar refractivity (Wildman–Crippen MR) is 121 cm³/mol. The fraction of sp³-hybridized carbons (Fsp3) is 0.304. The number of ether oxygens (including phenoxy) is 1. The molecule has 2 aromatic carbocycles. The van der Waals surface area contributed by atoms with Gasteiger partial charge >= 0.3 is 5.97 Å². The molecular weight excluding hydrogens is 427 g/mol. The molecule has 3 aromatic rings. The second-order valence-electron chi connectivity index (χ2n) is 7.77. The quantitative estimate of drug-likeness (QED) is 0.487. The summed E-state index contributed by atoms with van der Waals surface area (Å²) >= 11 is 0. The molecule has 0 radical (unpaired) electrons. The highest BCUT2D eigenvalue weighted by Crippen LogP contribution is 2.46. The van der Waals surface area contributed by atoms with Crippen LogP contribution in [0.2, 0.25) is 0 Å². The number of nitrogens with one attached hydrogen (secondary N) is 1.